The number of Topliss-reactive ketones (excluding diaryl/α,β-unsaturated/α-hetero) is 1. The average molecular weight is 337 g/mol. The molecule has 5 nitrogen and oxygen atoms in total. The summed E-state index contributed by atoms with van der Waals surface area (Å²) < 4.78 is 5.07. The first-order chi connectivity index (χ1) is 12.1. The molecule has 1 aliphatic heterocycles. The molecule has 1 heterocycles. The van der Waals surface area contributed by atoms with Crippen LogP contribution < -0.4 is 4.74 Å². The van der Waals surface area contributed by atoms with E-state index in [9.17, 15) is 14.4 Å². The van der Waals surface area contributed by atoms with E-state index in [4.69, 9.17) is 4.74 Å². The molecular formula is C20H19NO4. The maximum absolute atomic E-state index is 12.2. The summed E-state index contributed by atoms with van der Waals surface area (Å²) in [6, 6.07) is 13.8. The van der Waals surface area contributed by atoms with Crippen LogP contribution in [0.15, 0.2) is 48.5 Å². The minimum absolute atomic E-state index is 0.0463. The van der Waals surface area contributed by atoms with Gasteiger partial charge in [0, 0.05) is 18.5 Å². The highest BCUT2D eigenvalue weighted by molar-refractivity contribution is 6.21. The molecule has 2 aromatic rings. The van der Waals surface area contributed by atoms with E-state index in [1.807, 2.05) is 0 Å². The number of ether oxygens (including phenoxy) is 1. The number of imide groups is 1. The molecule has 0 fully saturated rings. The molecule has 2 amide bonds. The first-order valence-corrected chi connectivity index (χ1v) is 8.24. The third-order valence-corrected chi connectivity index (χ3v) is 4.33. The number of ketones is 1. The van der Waals surface area contributed by atoms with Gasteiger partial charge in [0.1, 0.15) is 5.75 Å². The quantitative estimate of drug-likeness (QED) is 0.441. The van der Waals surface area contributed by atoms with Gasteiger partial charge in [-0.25, -0.2) is 0 Å². The molecule has 2 aromatic carbocycles. The van der Waals surface area contributed by atoms with Crippen LogP contribution in [0.2, 0.25) is 0 Å². The Kier molecular flexibility index (Phi) is 4.93. The predicted octanol–water partition coefficient (Wildman–Crippen LogP) is 3.34. The van der Waals surface area contributed by atoms with E-state index in [0.29, 0.717) is 48.2 Å². The van der Waals surface area contributed by atoms with Crippen LogP contribution in [0.4, 0.5) is 0 Å². The number of carbonyl (C=O) groups is 3. The minimum Gasteiger partial charge on any atom is -0.497 e. The first-order valence-electron chi connectivity index (χ1n) is 8.24. The number of unbranched alkanes of at least 4 members (excludes halogenated alkanes) is 1. The number of benzene rings is 2. The van der Waals surface area contributed by atoms with Gasteiger partial charge in [0.15, 0.2) is 5.78 Å². The molecule has 25 heavy (non-hydrogen) atoms. The molecule has 1 aliphatic rings. The SMILES string of the molecule is COc1ccc(C(=O)CCCCN2C(=O)c3ccccc3C2=O)cc1. The molecular weight excluding hydrogens is 318 g/mol. The number of hydrogen-bond acceptors (Lipinski definition) is 4. The summed E-state index contributed by atoms with van der Waals surface area (Å²) in [5.41, 5.74) is 1.56. The molecule has 3 rings (SSSR count). The summed E-state index contributed by atoms with van der Waals surface area (Å²) in [5, 5.41) is 0. The second kappa shape index (κ2) is 7.30. The maximum Gasteiger partial charge on any atom is 0.261 e. The number of hydrogen-bond donors (Lipinski definition) is 0. The van der Waals surface area contributed by atoms with Crippen LogP contribution in [0.25, 0.3) is 0 Å². The van der Waals surface area contributed by atoms with Crippen molar-refractivity contribution < 1.29 is 19.1 Å². The number of fused-ring (bicyclic) bond motifs is 1. The van der Waals surface area contributed by atoms with Crippen LogP contribution in [-0.4, -0.2) is 36.2 Å². The Morgan fingerprint density at radius 3 is 2.08 bits per heavy atom. The van der Waals surface area contributed by atoms with E-state index < -0.39 is 0 Å². The van der Waals surface area contributed by atoms with Gasteiger partial charge in [0.05, 0.1) is 18.2 Å². The minimum atomic E-state index is -0.248. The molecule has 0 N–H and O–H groups in total. The standard InChI is InChI=1S/C20H19NO4/c1-25-15-11-9-14(10-12-15)18(22)8-4-5-13-21-19(23)16-6-2-3-7-17(16)20(21)24/h2-3,6-7,9-12H,4-5,8,13H2,1H3. The average Bonchev–Trinajstić information content (AvgIpc) is 2.90. The number of rotatable bonds is 7. The third-order valence-electron chi connectivity index (χ3n) is 4.33. The Bertz CT molecular complexity index is 776. The highest BCUT2D eigenvalue weighted by Crippen LogP contribution is 2.23. The van der Waals surface area contributed by atoms with E-state index >= 15 is 0 Å². The number of nitrogens with zero attached hydrogens (tertiary/aromatic N) is 1. The number of amides is 2. The predicted molar refractivity (Wildman–Crippen MR) is 93.0 cm³/mol. The van der Waals surface area contributed by atoms with Gasteiger partial charge >= 0.3 is 0 Å². The first kappa shape index (κ1) is 16.9. The van der Waals surface area contributed by atoms with E-state index in [2.05, 4.69) is 0 Å². The summed E-state index contributed by atoms with van der Waals surface area (Å²) in [6.07, 6.45) is 1.61. The summed E-state index contributed by atoms with van der Waals surface area (Å²) in [6.45, 7) is 0.336. The molecule has 0 bridgehead atoms. The Balaban J connectivity index is 1.50. The zero-order valence-corrected chi connectivity index (χ0v) is 14.0. The monoisotopic (exact) mass is 337 g/mol. The van der Waals surface area contributed by atoms with Gasteiger partial charge in [0.2, 0.25) is 0 Å². The van der Waals surface area contributed by atoms with Gasteiger partial charge < -0.3 is 4.74 Å². The van der Waals surface area contributed by atoms with Crippen LogP contribution in [0.5, 0.6) is 5.75 Å². The molecule has 0 radical (unpaired) electrons. The largest absolute Gasteiger partial charge is 0.497 e. The molecule has 128 valence electrons. The molecule has 0 saturated carbocycles. The molecule has 0 unspecified atom stereocenters. The zero-order valence-electron chi connectivity index (χ0n) is 14.0. The summed E-state index contributed by atoms with van der Waals surface area (Å²) >= 11 is 0. The van der Waals surface area contributed by atoms with Gasteiger partial charge in [-0.3, -0.25) is 19.3 Å². The second-order valence-corrected chi connectivity index (χ2v) is 5.92. The summed E-state index contributed by atoms with van der Waals surface area (Å²) in [4.78, 5) is 37.9. The van der Waals surface area contributed by atoms with E-state index in [1.165, 1.54) is 4.90 Å². The number of carbonyl (C=O) groups excluding carboxylic acids is 3. The van der Waals surface area contributed by atoms with Crippen molar-refractivity contribution in [2.75, 3.05) is 13.7 Å². The van der Waals surface area contributed by atoms with Crippen molar-refractivity contribution in [3.8, 4) is 5.75 Å². The molecule has 0 spiro atoms. The highest BCUT2D eigenvalue weighted by atomic mass is 16.5. The molecule has 0 aliphatic carbocycles. The van der Waals surface area contributed by atoms with Gasteiger partial charge in [-0.15, -0.1) is 0 Å². The van der Waals surface area contributed by atoms with E-state index in [-0.39, 0.29) is 17.6 Å². The fourth-order valence-corrected chi connectivity index (χ4v) is 2.92. The van der Waals surface area contributed by atoms with Crippen molar-refractivity contribution in [3.05, 3.63) is 65.2 Å². The Hall–Kier alpha value is -2.95. The lowest BCUT2D eigenvalue weighted by Gasteiger charge is -2.13. The van der Waals surface area contributed by atoms with Crippen LogP contribution in [0.3, 0.4) is 0 Å². The lowest BCUT2D eigenvalue weighted by Crippen LogP contribution is -2.30. The van der Waals surface area contributed by atoms with Crippen molar-refractivity contribution in [1.29, 1.82) is 0 Å². The van der Waals surface area contributed by atoms with Gasteiger partial charge in [0.25, 0.3) is 11.8 Å². The summed E-state index contributed by atoms with van der Waals surface area (Å²) in [5.74, 6) is 0.261. The number of methoxy groups -OCH3 is 1. The van der Waals surface area contributed by atoms with Crippen LogP contribution >= 0.6 is 0 Å². The smallest absolute Gasteiger partial charge is 0.261 e. The lowest BCUT2D eigenvalue weighted by molar-refractivity contribution is 0.0652. The molecule has 5 heteroatoms. The summed E-state index contributed by atoms with van der Waals surface area (Å²) in [7, 11) is 1.58. The van der Waals surface area contributed by atoms with Crippen LogP contribution in [0, 0.1) is 0 Å². The van der Waals surface area contributed by atoms with Gasteiger partial charge in [-0.2, -0.15) is 0 Å². The molecule has 0 saturated heterocycles. The molecule has 0 aromatic heterocycles. The topological polar surface area (TPSA) is 63.7 Å². The second-order valence-electron chi connectivity index (χ2n) is 5.92. The van der Waals surface area contributed by atoms with Crippen molar-refractivity contribution in [1.82, 2.24) is 4.90 Å². The Morgan fingerprint density at radius 2 is 1.52 bits per heavy atom. The van der Waals surface area contributed by atoms with Crippen molar-refractivity contribution in [2.45, 2.75) is 19.3 Å². The lowest BCUT2D eigenvalue weighted by atomic mass is 10.1. The van der Waals surface area contributed by atoms with E-state index in [1.54, 1.807) is 55.6 Å². The fraction of sp³-hybridized carbons (Fsp3) is 0.250. The van der Waals surface area contributed by atoms with Crippen molar-refractivity contribution >= 4 is 17.6 Å². The fourth-order valence-electron chi connectivity index (χ4n) is 2.92. The van der Waals surface area contributed by atoms with E-state index in [0.717, 1.165) is 0 Å². The zero-order chi connectivity index (χ0) is 17.8. The normalized spacial score (nSPS) is 13.1. The maximum atomic E-state index is 12.2. The van der Waals surface area contributed by atoms with Crippen molar-refractivity contribution in [2.24, 2.45) is 0 Å². The van der Waals surface area contributed by atoms with Crippen molar-refractivity contribution in [3.63, 3.8) is 0 Å². The van der Waals surface area contributed by atoms with Gasteiger partial charge in [-0.1, -0.05) is 12.1 Å². The molecule has 0 atom stereocenters. The third kappa shape index (κ3) is 3.45. The Morgan fingerprint density at radius 1 is 0.920 bits per heavy atom. The van der Waals surface area contributed by atoms with Crippen LogP contribution in [-0.2, 0) is 0 Å². The Labute approximate surface area is 146 Å². The van der Waals surface area contributed by atoms with Crippen LogP contribution in [0.1, 0.15) is 50.3 Å². The van der Waals surface area contributed by atoms with Gasteiger partial charge in [-0.05, 0) is 49.2 Å². The highest BCUT2D eigenvalue weighted by Gasteiger charge is 2.34.